The minimum atomic E-state index is 0.613. The lowest BCUT2D eigenvalue weighted by Crippen LogP contribution is -2.45. The molecule has 1 nitrogen and oxygen atoms in total. The molecule has 0 aliphatic heterocycles. The molecule has 14 rings (SSSR count). The highest BCUT2D eigenvalue weighted by Crippen LogP contribution is 2.65. The van der Waals surface area contributed by atoms with Crippen LogP contribution < -0.4 is 4.90 Å². The number of hydrogen-bond acceptors (Lipinski definition) is 1. The fourth-order valence-electron chi connectivity index (χ4n) is 14.4. The molecule has 8 aliphatic carbocycles. The van der Waals surface area contributed by atoms with E-state index in [-0.39, 0.29) is 0 Å². The van der Waals surface area contributed by atoms with Crippen LogP contribution in [-0.2, 0) is 0 Å². The van der Waals surface area contributed by atoms with Gasteiger partial charge in [0.05, 0.1) is 5.69 Å². The highest BCUT2D eigenvalue weighted by Gasteiger charge is 2.52. The summed E-state index contributed by atoms with van der Waals surface area (Å²) in [5.74, 6) is 8.17. The van der Waals surface area contributed by atoms with Crippen molar-refractivity contribution < 1.29 is 0 Å². The Bertz CT molecular complexity index is 2160. The molecule has 0 heterocycles. The minimum absolute atomic E-state index is 0.613. The van der Waals surface area contributed by atoms with Crippen LogP contribution in [0, 0.1) is 47.3 Å². The van der Waals surface area contributed by atoms with Gasteiger partial charge in [0.2, 0.25) is 0 Å². The summed E-state index contributed by atoms with van der Waals surface area (Å²) in [6.45, 7) is 0. The summed E-state index contributed by atoms with van der Waals surface area (Å²) in [6, 6.07) is 58.0. The number of anilines is 3. The predicted octanol–water partition coefficient (Wildman–Crippen LogP) is 15.2. The molecule has 0 N–H and O–H groups in total. The maximum Gasteiger partial charge on any atom is 0.0532 e. The van der Waals surface area contributed by atoms with Crippen LogP contribution in [0.1, 0.15) is 87.2 Å². The zero-order valence-corrected chi connectivity index (χ0v) is 33.2. The Morgan fingerprint density at radius 3 is 0.930 bits per heavy atom. The summed E-state index contributed by atoms with van der Waals surface area (Å²) < 4.78 is 0. The van der Waals surface area contributed by atoms with Crippen LogP contribution in [0.4, 0.5) is 17.1 Å². The number of nitrogens with zero attached hydrogens (tertiary/aromatic N) is 1. The smallest absolute Gasteiger partial charge is 0.0532 e. The summed E-state index contributed by atoms with van der Waals surface area (Å²) in [6.07, 6.45) is 14.4. The van der Waals surface area contributed by atoms with Crippen molar-refractivity contribution in [2.75, 3.05) is 4.90 Å². The lowest BCUT2D eigenvalue weighted by molar-refractivity contribution is -0.00458. The lowest BCUT2D eigenvalue weighted by Gasteiger charge is -2.57. The van der Waals surface area contributed by atoms with Crippen molar-refractivity contribution in [3.8, 4) is 33.4 Å². The molecular formula is C56H55N. The van der Waals surface area contributed by atoms with Gasteiger partial charge < -0.3 is 4.90 Å². The van der Waals surface area contributed by atoms with Gasteiger partial charge in [-0.15, -0.1) is 0 Å². The van der Waals surface area contributed by atoms with E-state index in [0.717, 1.165) is 47.3 Å². The van der Waals surface area contributed by atoms with Crippen molar-refractivity contribution in [3.05, 3.63) is 163 Å². The molecule has 0 atom stereocenters. The molecule has 0 radical (unpaired) electrons. The molecule has 0 spiro atoms. The maximum absolute atomic E-state index is 2.76. The highest BCUT2D eigenvalue weighted by molar-refractivity contribution is 5.86. The first-order valence-electron chi connectivity index (χ1n) is 22.5. The van der Waals surface area contributed by atoms with Crippen LogP contribution in [0.3, 0.4) is 0 Å². The topological polar surface area (TPSA) is 3.24 Å². The van der Waals surface area contributed by atoms with E-state index < -0.39 is 0 Å². The summed E-state index contributed by atoms with van der Waals surface area (Å²) >= 11 is 0. The Balaban J connectivity index is 1.11. The molecule has 1 heteroatoms. The van der Waals surface area contributed by atoms with Crippen molar-refractivity contribution in [3.63, 3.8) is 0 Å². The van der Waals surface area contributed by atoms with Crippen molar-refractivity contribution in [2.24, 2.45) is 47.3 Å². The van der Waals surface area contributed by atoms with Crippen LogP contribution in [0.25, 0.3) is 33.4 Å². The highest BCUT2D eigenvalue weighted by atomic mass is 15.1. The average Bonchev–Trinajstić information content (AvgIpc) is 3.25. The van der Waals surface area contributed by atoms with Gasteiger partial charge >= 0.3 is 0 Å². The van der Waals surface area contributed by atoms with Crippen LogP contribution in [0.2, 0.25) is 0 Å². The first-order chi connectivity index (χ1) is 28.2. The van der Waals surface area contributed by atoms with E-state index in [9.17, 15) is 0 Å². The van der Waals surface area contributed by atoms with Gasteiger partial charge in [-0.25, -0.2) is 0 Å². The zero-order valence-electron chi connectivity index (χ0n) is 33.2. The SMILES string of the molecule is c1ccc(-c2ccc(N(c3ccc(-c4ccccc4)cc3)c3c(C4C5CC6CC(C5)CC4C6)cc(-c4ccccc4)cc3C3C4CC5CC(C4)CC3C5)cc2)cc1. The van der Waals surface area contributed by atoms with Gasteiger partial charge in [0.25, 0.3) is 0 Å². The van der Waals surface area contributed by atoms with Crippen molar-refractivity contribution in [1.29, 1.82) is 0 Å². The van der Waals surface area contributed by atoms with E-state index in [0.29, 0.717) is 11.8 Å². The van der Waals surface area contributed by atoms with Crippen molar-refractivity contribution in [1.82, 2.24) is 0 Å². The third kappa shape index (κ3) is 6.02. The lowest BCUT2D eigenvalue weighted by atomic mass is 9.49. The molecule has 8 fully saturated rings. The standard InChI is InChI=1S/C56H55N/c1-4-10-40(11-5-1)43-16-20-50(21-17-43)57(51-22-18-44(19-23-51)41-12-6-2-7-13-41)56-52(54-46-26-36-24-37(28-46)29-47(54)27-36)34-45(42-14-8-3-9-15-42)35-53(56)55-48-30-38-25-39(32-48)33-49(55)31-38/h1-23,34-39,46-49,54-55H,24-33H2. The van der Waals surface area contributed by atoms with Gasteiger partial charge in [-0.2, -0.15) is 0 Å². The van der Waals surface area contributed by atoms with Crippen LogP contribution in [0.15, 0.2) is 152 Å². The van der Waals surface area contributed by atoms with E-state index in [1.807, 2.05) is 0 Å². The predicted molar refractivity (Wildman–Crippen MR) is 237 cm³/mol. The van der Waals surface area contributed by atoms with E-state index >= 15 is 0 Å². The summed E-state index contributed by atoms with van der Waals surface area (Å²) in [7, 11) is 0. The first-order valence-corrected chi connectivity index (χ1v) is 22.5. The second kappa shape index (κ2) is 13.9. The molecule has 0 amide bonds. The van der Waals surface area contributed by atoms with Gasteiger partial charge in [0, 0.05) is 11.4 Å². The summed E-state index contributed by atoms with van der Waals surface area (Å²) in [5.41, 5.74) is 15.4. The largest absolute Gasteiger partial charge is 0.310 e. The summed E-state index contributed by atoms with van der Waals surface area (Å²) in [5, 5.41) is 0. The Morgan fingerprint density at radius 1 is 0.298 bits per heavy atom. The Hall–Kier alpha value is -4.88. The molecular weight excluding hydrogens is 687 g/mol. The van der Waals surface area contributed by atoms with Crippen LogP contribution >= 0.6 is 0 Å². The zero-order chi connectivity index (χ0) is 37.5. The molecule has 8 saturated carbocycles. The van der Waals surface area contributed by atoms with E-state index in [4.69, 9.17) is 0 Å². The van der Waals surface area contributed by atoms with Crippen LogP contribution in [-0.4, -0.2) is 0 Å². The normalized spacial score (nSPS) is 30.5. The van der Waals surface area contributed by atoms with Gasteiger partial charge in [0.15, 0.2) is 0 Å². The fraction of sp³-hybridized carbons (Fsp3) is 0.357. The van der Waals surface area contributed by atoms with Gasteiger partial charge in [0.1, 0.15) is 0 Å². The average molecular weight is 742 g/mol. The molecule has 0 aromatic heterocycles. The second-order valence-corrected chi connectivity index (χ2v) is 19.4. The number of hydrogen-bond donors (Lipinski definition) is 0. The number of benzene rings is 6. The molecule has 8 aliphatic rings. The van der Waals surface area contributed by atoms with Crippen molar-refractivity contribution in [2.45, 2.75) is 76.0 Å². The fourth-order valence-corrected chi connectivity index (χ4v) is 14.4. The maximum atomic E-state index is 2.76. The third-order valence-corrected chi connectivity index (χ3v) is 16.1. The summed E-state index contributed by atoms with van der Waals surface area (Å²) in [4.78, 5) is 2.76. The van der Waals surface area contributed by atoms with Gasteiger partial charge in [-0.1, -0.05) is 115 Å². The van der Waals surface area contributed by atoms with Crippen molar-refractivity contribution >= 4 is 17.1 Å². The Kier molecular flexibility index (Phi) is 8.34. The van der Waals surface area contributed by atoms with Crippen LogP contribution in [0.5, 0.6) is 0 Å². The molecule has 0 unspecified atom stereocenters. The Labute approximate surface area is 340 Å². The quantitative estimate of drug-likeness (QED) is 0.150. The second-order valence-electron chi connectivity index (χ2n) is 19.4. The van der Waals surface area contributed by atoms with E-state index in [1.165, 1.54) is 109 Å². The third-order valence-electron chi connectivity index (χ3n) is 16.1. The molecule has 57 heavy (non-hydrogen) atoms. The monoisotopic (exact) mass is 741 g/mol. The molecule has 6 aromatic carbocycles. The van der Waals surface area contributed by atoms with E-state index in [2.05, 4.69) is 157 Å². The molecule has 284 valence electrons. The minimum Gasteiger partial charge on any atom is -0.310 e. The van der Waals surface area contributed by atoms with E-state index in [1.54, 1.807) is 16.8 Å². The van der Waals surface area contributed by atoms with Gasteiger partial charge in [-0.3, -0.25) is 0 Å². The van der Waals surface area contributed by atoms with Gasteiger partial charge in [-0.05, 0) is 204 Å². The molecule has 0 saturated heterocycles. The first kappa shape index (κ1) is 34.2. The molecule has 8 bridgehead atoms. The Morgan fingerprint density at radius 2 is 0.596 bits per heavy atom. The molecule has 6 aromatic rings. The number of rotatable bonds is 8.